The van der Waals surface area contributed by atoms with Gasteiger partial charge >= 0.3 is 0 Å². The average Bonchev–Trinajstić information content (AvgIpc) is 2.82. The molecule has 2 atom stereocenters. The molecule has 1 aliphatic heterocycles. The molecule has 1 amide bonds. The zero-order valence-corrected chi connectivity index (χ0v) is 9.61. The number of primary amides is 1. The fraction of sp³-hybridized carbons (Fsp3) is 0.143. The minimum Gasteiger partial charge on any atom is -0.476 e. The first-order valence-electron chi connectivity index (χ1n) is 5.47. The van der Waals surface area contributed by atoms with Crippen molar-refractivity contribution in [3.8, 4) is 6.07 Å². The van der Waals surface area contributed by atoms with Crippen molar-refractivity contribution in [3.05, 3.63) is 60.4 Å². The van der Waals surface area contributed by atoms with Crippen LogP contribution in [0.2, 0.25) is 0 Å². The zero-order chi connectivity index (χ0) is 13.0. The summed E-state index contributed by atoms with van der Waals surface area (Å²) in [4.78, 5) is 10.8. The number of nitrogens with two attached hydrogens (primary N) is 1. The summed E-state index contributed by atoms with van der Waals surface area (Å²) in [5, 5.41) is 9.34. The molecular weight excluding hydrogens is 228 g/mol. The lowest BCUT2D eigenvalue weighted by molar-refractivity contribution is -0.113. The van der Waals surface area contributed by atoms with Crippen molar-refractivity contribution in [1.29, 1.82) is 5.26 Å². The maximum atomic E-state index is 10.8. The SMILES string of the molecule is N#CC1(C=CC(N)=O)OC=CC1c1ccccc1. The van der Waals surface area contributed by atoms with Gasteiger partial charge in [-0.1, -0.05) is 30.3 Å². The number of rotatable bonds is 3. The van der Waals surface area contributed by atoms with Crippen LogP contribution in [0, 0.1) is 11.3 Å². The van der Waals surface area contributed by atoms with E-state index in [1.165, 1.54) is 12.3 Å². The molecule has 18 heavy (non-hydrogen) atoms. The summed E-state index contributed by atoms with van der Waals surface area (Å²) in [6.07, 6.45) is 5.84. The first-order valence-corrected chi connectivity index (χ1v) is 5.47. The first kappa shape index (κ1) is 11.9. The van der Waals surface area contributed by atoms with E-state index in [1.807, 2.05) is 30.3 Å². The maximum Gasteiger partial charge on any atom is 0.241 e. The summed E-state index contributed by atoms with van der Waals surface area (Å²) < 4.78 is 5.37. The molecular formula is C14H12N2O2. The number of nitrogens with zero attached hydrogens (tertiary/aromatic N) is 1. The van der Waals surface area contributed by atoms with Gasteiger partial charge in [-0.05, 0) is 17.7 Å². The van der Waals surface area contributed by atoms with Crippen molar-refractivity contribution in [2.45, 2.75) is 11.5 Å². The minimum absolute atomic E-state index is 0.251. The van der Waals surface area contributed by atoms with E-state index in [1.54, 1.807) is 6.08 Å². The van der Waals surface area contributed by atoms with Crippen LogP contribution in [0.3, 0.4) is 0 Å². The lowest BCUT2D eigenvalue weighted by atomic mass is 9.84. The Morgan fingerprint density at radius 2 is 2.17 bits per heavy atom. The predicted octanol–water partition coefficient (Wildman–Crippen LogP) is 1.62. The Morgan fingerprint density at radius 3 is 2.78 bits per heavy atom. The molecule has 1 aromatic rings. The second kappa shape index (κ2) is 4.76. The normalized spacial score (nSPS) is 25.8. The molecule has 0 bridgehead atoms. The van der Waals surface area contributed by atoms with Gasteiger partial charge < -0.3 is 10.5 Å². The average molecular weight is 240 g/mol. The van der Waals surface area contributed by atoms with Gasteiger partial charge in [0, 0.05) is 6.08 Å². The molecule has 0 spiro atoms. The monoisotopic (exact) mass is 240 g/mol. The molecule has 2 N–H and O–H groups in total. The molecule has 0 radical (unpaired) electrons. The molecule has 0 aliphatic carbocycles. The molecule has 4 nitrogen and oxygen atoms in total. The maximum absolute atomic E-state index is 10.8. The Balaban J connectivity index is 2.38. The molecule has 1 heterocycles. The molecule has 2 unspecified atom stereocenters. The number of amides is 1. The van der Waals surface area contributed by atoms with E-state index in [2.05, 4.69) is 6.07 Å². The highest BCUT2D eigenvalue weighted by Crippen LogP contribution is 2.38. The van der Waals surface area contributed by atoms with Gasteiger partial charge in [0.1, 0.15) is 6.07 Å². The van der Waals surface area contributed by atoms with Gasteiger partial charge in [0.05, 0.1) is 12.2 Å². The smallest absolute Gasteiger partial charge is 0.241 e. The molecule has 2 rings (SSSR count). The topological polar surface area (TPSA) is 76.1 Å². The number of carbonyl (C=O) groups is 1. The van der Waals surface area contributed by atoms with Gasteiger partial charge in [-0.25, -0.2) is 0 Å². The molecule has 0 saturated carbocycles. The third-order valence-electron chi connectivity index (χ3n) is 2.82. The van der Waals surface area contributed by atoms with Crippen LogP contribution < -0.4 is 5.73 Å². The van der Waals surface area contributed by atoms with E-state index in [0.29, 0.717) is 0 Å². The molecule has 0 aromatic heterocycles. The standard InChI is InChI=1S/C14H12N2O2/c15-10-14(8-6-13(16)17)12(7-9-18-14)11-4-2-1-3-5-11/h1-9,12H,(H2,16,17). The highest BCUT2D eigenvalue weighted by molar-refractivity contribution is 5.86. The summed E-state index contributed by atoms with van der Waals surface area (Å²) in [6.45, 7) is 0. The van der Waals surface area contributed by atoms with Crippen LogP contribution >= 0.6 is 0 Å². The Labute approximate surface area is 105 Å². The third-order valence-corrected chi connectivity index (χ3v) is 2.82. The number of carbonyl (C=O) groups excluding carboxylic acids is 1. The van der Waals surface area contributed by atoms with Crippen LogP contribution in [0.1, 0.15) is 11.5 Å². The Kier molecular flexibility index (Phi) is 3.16. The lowest BCUT2D eigenvalue weighted by Gasteiger charge is -2.24. The van der Waals surface area contributed by atoms with E-state index < -0.39 is 11.5 Å². The van der Waals surface area contributed by atoms with E-state index in [9.17, 15) is 10.1 Å². The quantitative estimate of drug-likeness (QED) is 0.815. The van der Waals surface area contributed by atoms with Crippen molar-refractivity contribution < 1.29 is 9.53 Å². The van der Waals surface area contributed by atoms with Crippen LogP contribution in [-0.4, -0.2) is 11.5 Å². The van der Waals surface area contributed by atoms with Crippen molar-refractivity contribution in [2.75, 3.05) is 0 Å². The van der Waals surface area contributed by atoms with Gasteiger partial charge in [0.2, 0.25) is 11.5 Å². The molecule has 0 saturated heterocycles. The van der Waals surface area contributed by atoms with Gasteiger partial charge in [0.15, 0.2) is 0 Å². The summed E-state index contributed by atoms with van der Waals surface area (Å²) >= 11 is 0. The van der Waals surface area contributed by atoms with Crippen LogP contribution in [-0.2, 0) is 9.53 Å². The number of nitriles is 1. The Morgan fingerprint density at radius 1 is 1.44 bits per heavy atom. The minimum atomic E-state index is -1.20. The van der Waals surface area contributed by atoms with Gasteiger partial charge in [-0.2, -0.15) is 5.26 Å². The molecule has 1 aromatic carbocycles. The summed E-state index contributed by atoms with van der Waals surface area (Å²) in [5.41, 5.74) is 4.81. The second-order valence-corrected chi connectivity index (χ2v) is 3.98. The highest BCUT2D eigenvalue weighted by atomic mass is 16.5. The van der Waals surface area contributed by atoms with E-state index in [4.69, 9.17) is 10.5 Å². The van der Waals surface area contributed by atoms with Crippen molar-refractivity contribution in [2.24, 2.45) is 5.73 Å². The Bertz CT molecular complexity index is 543. The number of hydrogen-bond acceptors (Lipinski definition) is 3. The van der Waals surface area contributed by atoms with Gasteiger partial charge in [0.25, 0.3) is 0 Å². The number of benzene rings is 1. The van der Waals surface area contributed by atoms with E-state index in [0.717, 1.165) is 11.6 Å². The van der Waals surface area contributed by atoms with Crippen molar-refractivity contribution in [1.82, 2.24) is 0 Å². The molecule has 90 valence electrons. The summed E-state index contributed by atoms with van der Waals surface area (Å²) in [5.74, 6) is -0.855. The number of hydrogen-bond donors (Lipinski definition) is 1. The van der Waals surface area contributed by atoms with Gasteiger partial charge in [-0.3, -0.25) is 4.79 Å². The second-order valence-electron chi connectivity index (χ2n) is 3.98. The predicted molar refractivity (Wildman–Crippen MR) is 66.1 cm³/mol. The molecule has 4 heteroatoms. The molecule has 0 fully saturated rings. The van der Waals surface area contributed by atoms with Crippen molar-refractivity contribution >= 4 is 5.91 Å². The van der Waals surface area contributed by atoms with Crippen LogP contribution in [0.5, 0.6) is 0 Å². The Hall–Kier alpha value is -2.54. The van der Waals surface area contributed by atoms with E-state index in [-0.39, 0.29) is 5.92 Å². The molecule has 1 aliphatic rings. The highest BCUT2D eigenvalue weighted by Gasteiger charge is 2.41. The fourth-order valence-electron chi connectivity index (χ4n) is 1.95. The fourth-order valence-corrected chi connectivity index (χ4v) is 1.95. The largest absolute Gasteiger partial charge is 0.476 e. The van der Waals surface area contributed by atoms with Crippen LogP contribution in [0.15, 0.2) is 54.8 Å². The van der Waals surface area contributed by atoms with Crippen LogP contribution in [0.4, 0.5) is 0 Å². The first-order chi connectivity index (χ1) is 8.68. The number of ether oxygens (including phenoxy) is 1. The summed E-state index contributed by atoms with van der Waals surface area (Å²) in [6, 6.07) is 11.6. The van der Waals surface area contributed by atoms with Gasteiger partial charge in [-0.15, -0.1) is 0 Å². The zero-order valence-electron chi connectivity index (χ0n) is 9.61. The lowest BCUT2D eigenvalue weighted by Crippen LogP contribution is -2.30. The summed E-state index contributed by atoms with van der Waals surface area (Å²) in [7, 11) is 0. The van der Waals surface area contributed by atoms with Crippen molar-refractivity contribution in [3.63, 3.8) is 0 Å². The van der Waals surface area contributed by atoms with Crippen LogP contribution in [0.25, 0.3) is 0 Å². The van der Waals surface area contributed by atoms with E-state index >= 15 is 0 Å². The third kappa shape index (κ3) is 2.11.